The summed E-state index contributed by atoms with van der Waals surface area (Å²) in [5.41, 5.74) is 1.27. The van der Waals surface area contributed by atoms with Gasteiger partial charge in [0.05, 0.1) is 0 Å². The summed E-state index contributed by atoms with van der Waals surface area (Å²) in [4.78, 5) is 0. The SMILES string of the molecule is [CH3][Al]([CH3])[NH]CCc1cc2c(cc1Br)OCO2. The Morgan fingerprint density at radius 3 is 2.69 bits per heavy atom. The Morgan fingerprint density at radius 1 is 1.31 bits per heavy atom. The lowest BCUT2D eigenvalue weighted by Gasteiger charge is -2.08. The molecule has 0 saturated heterocycles. The molecule has 86 valence electrons. The van der Waals surface area contributed by atoms with Crippen LogP contribution in [0.3, 0.4) is 0 Å². The summed E-state index contributed by atoms with van der Waals surface area (Å²) in [5, 5.41) is 0. The van der Waals surface area contributed by atoms with Crippen LogP contribution < -0.4 is 13.8 Å². The first-order valence-corrected chi connectivity index (χ1v) is 9.16. The van der Waals surface area contributed by atoms with Crippen molar-refractivity contribution in [1.82, 2.24) is 4.30 Å². The minimum Gasteiger partial charge on any atom is -0.454 e. The molecule has 0 bridgehead atoms. The van der Waals surface area contributed by atoms with Crippen LogP contribution in [-0.2, 0) is 6.42 Å². The molecule has 0 radical (unpaired) electrons. The molecule has 1 aliphatic heterocycles. The molecular weight excluding hydrogens is 285 g/mol. The van der Waals surface area contributed by atoms with Gasteiger partial charge in [-0.3, -0.25) is 0 Å². The molecule has 1 aromatic carbocycles. The summed E-state index contributed by atoms with van der Waals surface area (Å²) in [5.74, 6) is 6.27. The van der Waals surface area contributed by atoms with Gasteiger partial charge in [0.1, 0.15) is 0 Å². The second-order valence-electron chi connectivity index (χ2n) is 4.16. The van der Waals surface area contributed by atoms with Crippen molar-refractivity contribution in [1.29, 1.82) is 0 Å². The molecule has 3 nitrogen and oxygen atoms in total. The lowest BCUT2D eigenvalue weighted by molar-refractivity contribution is 0.174. The van der Waals surface area contributed by atoms with Crippen molar-refractivity contribution in [3.63, 3.8) is 0 Å². The first-order chi connectivity index (χ1) is 7.66. The number of ether oxygens (including phenoxy) is 2. The second-order valence-corrected chi connectivity index (χ2v) is 7.73. The molecule has 0 fully saturated rings. The van der Waals surface area contributed by atoms with Gasteiger partial charge in [-0.15, -0.1) is 0 Å². The third kappa shape index (κ3) is 2.92. The number of fused-ring (bicyclic) bond motifs is 1. The summed E-state index contributed by atoms with van der Waals surface area (Å²) in [6, 6.07) is 4.06. The number of hydrogen-bond acceptors (Lipinski definition) is 3. The first kappa shape index (κ1) is 12.3. The van der Waals surface area contributed by atoms with Gasteiger partial charge in [0.2, 0.25) is 6.79 Å². The Bertz CT molecular complexity index is 384. The highest BCUT2D eigenvalue weighted by Crippen LogP contribution is 2.36. The van der Waals surface area contributed by atoms with Crippen LogP contribution in [0.4, 0.5) is 0 Å². The van der Waals surface area contributed by atoms with E-state index in [0.717, 1.165) is 28.9 Å². The molecule has 5 heteroatoms. The van der Waals surface area contributed by atoms with Crippen LogP contribution in [0, 0.1) is 0 Å². The van der Waals surface area contributed by atoms with Gasteiger partial charge >= 0.3 is 14.4 Å². The maximum atomic E-state index is 5.37. The Labute approximate surface area is 109 Å². The van der Waals surface area contributed by atoms with E-state index in [0.29, 0.717) is 6.79 Å². The lowest BCUT2D eigenvalue weighted by Crippen LogP contribution is -2.29. The van der Waals surface area contributed by atoms with Crippen molar-refractivity contribution in [2.45, 2.75) is 18.0 Å². The van der Waals surface area contributed by atoms with Gasteiger partial charge in [0.25, 0.3) is 0 Å². The number of rotatable bonds is 4. The van der Waals surface area contributed by atoms with Gasteiger partial charge < -0.3 is 13.8 Å². The van der Waals surface area contributed by atoms with Crippen molar-refractivity contribution in [3.05, 3.63) is 22.2 Å². The largest absolute Gasteiger partial charge is 0.454 e. The zero-order chi connectivity index (χ0) is 11.5. The van der Waals surface area contributed by atoms with Crippen LogP contribution >= 0.6 is 15.9 Å². The average molecular weight is 300 g/mol. The highest BCUT2D eigenvalue weighted by atomic mass is 79.9. The summed E-state index contributed by atoms with van der Waals surface area (Å²) in [6.07, 6.45) is 1.02. The molecule has 0 unspecified atom stereocenters. The third-order valence-corrected chi connectivity index (χ3v) is 4.33. The topological polar surface area (TPSA) is 30.5 Å². The third-order valence-electron chi connectivity index (χ3n) is 2.49. The number of benzene rings is 1. The normalized spacial score (nSPS) is 12.9. The van der Waals surface area contributed by atoms with Gasteiger partial charge in [0.15, 0.2) is 11.5 Å². The Kier molecular flexibility index (Phi) is 4.15. The van der Waals surface area contributed by atoms with Gasteiger partial charge in [-0.25, -0.2) is 0 Å². The summed E-state index contributed by atoms with van der Waals surface area (Å²) in [6.45, 7) is 1.37. The minimum absolute atomic E-state index is 0.336. The molecule has 0 atom stereocenters. The fourth-order valence-electron chi connectivity index (χ4n) is 1.65. The van der Waals surface area contributed by atoms with Crippen LogP contribution in [0.2, 0.25) is 11.6 Å². The van der Waals surface area contributed by atoms with E-state index in [1.54, 1.807) is 0 Å². The molecule has 1 heterocycles. The number of halogens is 1. The fraction of sp³-hybridized carbons (Fsp3) is 0.455. The van der Waals surface area contributed by atoms with E-state index < -0.39 is 14.4 Å². The van der Waals surface area contributed by atoms with Crippen LogP contribution in [0.25, 0.3) is 0 Å². The van der Waals surface area contributed by atoms with E-state index in [-0.39, 0.29) is 0 Å². The highest BCUT2D eigenvalue weighted by molar-refractivity contribution is 9.10. The molecule has 1 aromatic rings. The second kappa shape index (κ2) is 5.42. The molecule has 1 aliphatic rings. The Morgan fingerprint density at radius 2 is 2.00 bits per heavy atom. The Balaban J connectivity index is 2.04. The van der Waals surface area contributed by atoms with Gasteiger partial charge in [0, 0.05) is 4.47 Å². The number of hydrogen-bond donors (Lipinski definition) is 1. The maximum Gasteiger partial charge on any atom is 0.363 e. The van der Waals surface area contributed by atoms with Crippen LogP contribution in [0.5, 0.6) is 11.5 Å². The van der Waals surface area contributed by atoms with Crippen molar-refractivity contribution in [2.75, 3.05) is 13.3 Å². The van der Waals surface area contributed by atoms with E-state index >= 15 is 0 Å². The van der Waals surface area contributed by atoms with Gasteiger partial charge in [-0.1, -0.05) is 27.5 Å². The molecule has 2 rings (SSSR count). The van der Waals surface area contributed by atoms with Crippen molar-refractivity contribution < 1.29 is 9.47 Å². The molecule has 0 saturated carbocycles. The monoisotopic (exact) mass is 299 g/mol. The fourth-order valence-corrected chi connectivity index (χ4v) is 2.89. The lowest BCUT2D eigenvalue weighted by atomic mass is 10.1. The molecule has 0 spiro atoms. The minimum atomic E-state index is -0.666. The smallest absolute Gasteiger partial charge is 0.363 e. The standard InChI is InChI=1S/C9H9BrNO2.2CH3.Al/c10-7-4-9-8(12-5-13-9)3-6(7)1-2-11;;;/h3-4,11H,1-2,5H2;2*1H3;/q-1;;;+1. The zero-order valence-corrected chi connectivity index (χ0v) is 12.3. The molecule has 1 N–H and O–H groups in total. The van der Waals surface area contributed by atoms with E-state index in [2.05, 4.69) is 37.9 Å². The highest BCUT2D eigenvalue weighted by Gasteiger charge is 2.16. The van der Waals surface area contributed by atoms with E-state index in [1.165, 1.54) is 5.56 Å². The molecule has 16 heavy (non-hydrogen) atoms. The average Bonchev–Trinajstić information content (AvgIpc) is 2.64. The van der Waals surface area contributed by atoms with Crippen LogP contribution in [0.1, 0.15) is 5.56 Å². The van der Waals surface area contributed by atoms with E-state index in [9.17, 15) is 0 Å². The molecular formula is C11H15AlBrNO2. The summed E-state index contributed by atoms with van der Waals surface area (Å²) >= 11 is 2.90. The summed E-state index contributed by atoms with van der Waals surface area (Å²) in [7, 11) is 0. The zero-order valence-electron chi connectivity index (χ0n) is 9.55. The first-order valence-electron chi connectivity index (χ1n) is 5.48. The molecule has 0 aromatic heterocycles. The van der Waals surface area contributed by atoms with E-state index in [1.807, 2.05) is 6.07 Å². The van der Waals surface area contributed by atoms with Crippen molar-refractivity contribution >= 4 is 30.3 Å². The van der Waals surface area contributed by atoms with Gasteiger partial charge in [-0.2, -0.15) is 0 Å². The quantitative estimate of drug-likeness (QED) is 0.867. The molecule has 0 amide bonds. The molecule has 0 aliphatic carbocycles. The van der Waals surface area contributed by atoms with E-state index in [4.69, 9.17) is 9.47 Å². The predicted molar refractivity (Wildman–Crippen MR) is 69.5 cm³/mol. The van der Waals surface area contributed by atoms with Crippen LogP contribution in [0.15, 0.2) is 16.6 Å². The van der Waals surface area contributed by atoms with Crippen LogP contribution in [-0.4, -0.2) is 27.7 Å². The number of nitrogens with one attached hydrogen (secondary N) is 1. The van der Waals surface area contributed by atoms with Gasteiger partial charge in [-0.05, 0) is 30.7 Å². The van der Waals surface area contributed by atoms with Crippen molar-refractivity contribution in [2.24, 2.45) is 0 Å². The Hall–Kier alpha value is -0.208. The van der Waals surface area contributed by atoms with Crippen molar-refractivity contribution in [3.8, 4) is 11.5 Å². The predicted octanol–water partition coefficient (Wildman–Crippen LogP) is 2.56. The summed E-state index contributed by atoms with van der Waals surface area (Å²) < 4.78 is 15.3. The maximum absolute atomic E-state index is 5.37.